The van der Waals surface area contributed by atoms with Crippen LogP contribution in [0.2, 0.25) is 0 Å². The normalized spacial score (nSPS) is 14.5. The molecule has 1 aromatic heterocycles. The van der Waals surface area contributed by atoms with E-state index in [9.17, 15) is 0 Å². The summed E-state index contributed by atoms with van der Waals surface area (Å²) in [4.78, 5) is 11.9. The van der Waals surface area contributed by atoms with Gasteiger partial charge < -0.3 is 10.6 Å². The molecule has 154 valence electrons. The molecule has 0 radical (unpaired) electrons. The van der Waals surface area contributed by atoms with Crippen LogP contribution in [0.4, 0.5) is 0 Å². The third-order valence-corrected chi connectivity index (χ3v) is 5.66. The van der Waals surface area contributed by atoms with E-state index in [1.54, 1.807) is 11.3 Å². The summed E-state index contributed by atoms with van der Waals surface area (Å²) in [5, 5.41) is 10.0. The SMILES string of the molecule is CCNC(=NCc1nc(C(C)C)cs1)NCCN1CCc2ccccc2C1.I. The fraction of sp³-hybridized carbons (Fsp3) is 0.524. The second kappa shape index (κ2) is 11.7. The maximum atomic E-state index is 4.70. The van der Waals surface area contributed by atoms with Crippen LogP contribution in [-0.2, 0) is 19.5 Å². The van der Waals surface area contributed by atoms with E-state index in [4.69, 9.17) is 4.99 Å². The number of guanidine groups is 1. The van der Waals surface area contributed by atoms with E-state index in [0.717, 1.165) is 55.8 Å². The van der Waals surface area contributed by atoms with Crippen LogP contribution in [0.3, 0.4) is 0 Å². The van der Waals surface area contributed by atoms with Gasteiger partial charge in [-0.05, 0) is 30.4 Å². The first-order chi connectivity index (χ1) is 13.2. The monoisotopic (exact) mass is 513 g/mol. The smallest absolute Gasteiger partial charge is 0.191 e. The largest absolute Gasteiger partial charge is 0.357 e. The van der Waals surface area contributed by atoms with Crippen molar-refractivity contribution in [2.45, 2.75) is 46.2 Å². The fourth-order valence-electron chi connectivity index (χ4n) is 3.23. The summed E-state index contributed by atoms with van der Waals surface area (Å²) >= 11 is 1.70. The van der Waals surface area contributed by atoms with Crippen LogP contribution in [0.1, 0.15) is 48.5 Å². The van der Waals surface area contributed by atoms with Gasteiger partial charge in [0.05, 0.1) is 12.2 Å². The molecule has 0 fully saturated rings. The van der Waals surface area contributed by atoms with Gasteiger partial charge in [-0.2, -0.15) is 0 Å². The van der Waals surface area contributed by atoms with E-state index in [1.165, 1.54) is 11.1 Å². The van der Waals surface area contributed by atoms with Gasteiger partial charge in [-0.25, -0.2) is 9.98 Å². The third-order valence-electron chi connectivity index (χ3n) is 4.81. The number of aromatic nitrogens is 1. The highest BCUT2D eigenvalue weighted by Gasteiger charge is 2.15. The lowest BCUT2D eigenvalue weighted by molar-refractivity contribution is 0.258. The van der Waals surface area contributed by atoms with E-state index in [1.807, 2.05) is 0 Å². The Morgan fingerprint density at radius 1 is 1.25 bits per heavy atom. The molecule has 2 aromatic rings. The van der Waals surface area contributed by atoms with Crippen LogP contribution >= 0.6 is 35.3 Å². The Bertz CT molecular complexity index is 759. The maximum absolute atomic E-state index is 4.70. The molecular weight excluding hydrogens is 481 g/mol. The molecule has 0 bridgehead atoms. The molecule has 0 spiro atoms. The van der Waals surface area contributed by atoms with Crippen molar-refractivity contribution >= 4 is 41.3 Å². The number of benzene rings is 1. The molecule has 1 aliphatic heterocycles. The molecule has 1 aliphatic rings. The average Bonchev–Trinajstić information content (AvgIpc) is 3.15. The summed E-state index contributed by atoms with van der Waals surface area (Å²) in [7, 11) is 0. The standard InChI is InChI=1S/C21H31N5S.HI/c1-4-22-21(24-13-20-25-19(15-27-20)16(2)3)23-10-12-26-11-9-17-7-5-6-8-18(17)14-26;/h5-8,15-16H,4,9-14H2,1-3H3,(H2,22,23,24);1H. The van der Waals surface area contributed by atoms with E-state index in [-0.39, 0.29) is 24.0 Å². The number of hydrogen-bond acceptors (Lipinski definition) is 4. The minimum atomic E-state index is 0. The second-order valence-electron chi connectivity index (χ2n) is 7.24. The fourth-order valence-corrected chi connectivity index (χ4v) is 4.11. The summed E-state index contributed by atoms with van der Waals surface area (Å²) in [5.74, 6) is 1.34. The van der Waals surface area contributed by atoms with Gasteiger partial charge in [0.2, 0.25) is 0 Å². The van der Waals surface area contributed by atoms with Crippen molar-refractivity contribution in [3.8, 4) is 0 Å². The predicted molar refractivity (Wildman–Crippen MR) is 130 cm³/mol. The van der Waals surface area contributed by atoms with Gasteiger partial charge in [0.25, 0.3) is 0 Å². The lowest BCUT2D eigenvalue weighted by atomic mass is 10.00. The van der Waals surface area contributed by atoms with E-state index < -0.39 is 0 Å². The number of rotatable bonds is 7. The zero-order valence-corrected chi connectivity index (χ0v) is 20.2. The van der Waals surface area contributed by atoms with Gasteiger partial charge >= 0.3 is 0 Å². The van der Waals surface area contributed by atoms with Crippen molar-refractivity contribution in [1.29, 1.82) is 0 Å². The van der Waals surface area contributed by atoms with Crippen LogP contribution < -0.4 is 10.6 Å². The number of fused-ring (bicyclic) bond motifs is 1. The second-order valence-corrected chi connectivity index (χ2v) is 8.18. The molecule has 0 amide bonds. The Balaban J connectivity index is 0.00000280. The minimum absolute atomic E-state index is 0. The van der Waals surface area contributed by atoms with E-state index in [2.05, 4.69) is 70.9 Å². The molecule has 7 heteroatoms. The highest BCUT2D eigenvalue weighted by molar-refractivity contribution is 14.0. The first-order valence-electron chi connectivity index (χ1n) is 9.91. The predicted octanol–water partition coefficient (Wildman–Crippen LogP) is 4.00. The summed E-state index contributed by atoms with van der Waals surface area (Å²) in [6, 6.07) is 8.78. The number of halogens is 1. The molecule has 5 nitrogen and oxygen atoms in total. The van der Waals surface area contributed by atoms with Crippen LogP contribution in [0.5, 0.6) is 0 Å². The molecule has 2 heterocycles. The van der Waals surface area contributed by atoms with Gasteiger partial charge in [0, 0.05) is 38.1 Å². The van der Waals surface area contributed by atoms with Gasteiger partial charge in [-0.15, -0.1) is 35.3 Å². The first-order valence-corrected chi connectivity index (χ1v) is 10.8. The Morgan fingerprint density at radius 2 is 2.04 bits per heavy atom. The lowest BCUT2D eigenvalue weighted by Gasteiger charge is -2.28. The Kier molecular flexibility index (Phi) is 9.67. The maximum Gasteiger partial charge on any atom is 0.191 e. The van der Waals surface area contributed by atoms with Crippen molar-refractivity contribution in [3.63, 3.8) is 0 Å². The molecule has 0 saturated heterocycles. The number of nitrogens with zero attached hydrogens (tertiary/aromatic N) is 3. The number of aliphatic imine (C=N–C) groups is 1. The highest BCUT2D eigenvalue weighted by atomic mass is 127. The molecule has 0 saturated carbocycles. The number of nitrogens with one attached hydrogen (secondary N) is 2. The molecule has 0 aliphatic carbocycles. The zero-order valence-electron chi connectivity index (χ0n) is 17.1. The Morgan fingerprint density at radius 3 is 2.75 bits per heavy atom. The van der Waals surface area contributed by atoms with Gasteiger partial charge in [0.1, 0.15) is 5.01 Å². The first kappa shape index (κ1) is 23.1. The Hall–Kier alpha value is -1.19. The number of hydrogen-bond donors (Lipinski definition) is 2. The van der Waals surface area contributed by atoms with Crippen molar-refractivity contribution < 1.29 is 0 Å². The lowest BCUT2D eigenvalue weighted by Crippen LogP contribution is -2.42. The topological polar surface area (TPSA) is 52.6 Å². The number of thiazole rings is 1. The molecule has 28 heavy (non-hydrogen) atoms. The van der Waals surface area contributed by atoms with Crippen molar-refractivity contribution in [2.24, 2.45) is 4.99 Å². The van der Waals surface area contributed by atoms with Crippen LogP contribution in [0.25, 0.3) is 0 Å². The summed E-state index contributed by atoms with van der Waals surface area (Å²) in [6.45, 7) is 12.0. The average molecular weight is 513 g/mol. The van der Waals surface area contributed by atoms with Crippen LogP contribution in [-0.4, -0.2) is 42.0 Å². The van der Waals surface area contributed by atoms with E-state index >= 15 is 0 Å². The summed E-state index contributed by atoms with van der Waals surface area (Å²) < 4.78 is 0. The molecule has 0 unspecified atom stereocenters. The molecule has 1 aromatic carbocycles. The molecule has 2 N–H and O–H groups in total. The summed E-state index contributed by atoms with van der Waals surface area (Å²) in [5.41, 5.74) is 4.13. The van der Waals surface area contributed by atoms with Crippen LogP contribution in [0, 0.1) is 0 Å². The zero-order chi connectivity index (χ0) is 19.1. The van der Waals surface area contributed by atoms with Gasteiger partial charge in [0.15, 0.2) is 5.96 Å². The van der Waals surface area contributed by atoms with Crippen molar-refractivity contribution in [1.82, 2.24) is 20.5 Å². The third kappa shape index (κ3) is 6.70. The Labute approximate surface area is 190 Å². The van der Waals surface area contributed by atoms with Gasteiger partial charge in [-0.1, -0.05) is 38.1 Å². The molecule has 3 rings (SSSR count). The van der Waals surface area contributed by atoms with Crippen molar-refractivity contribution in [3.05, 3.63) is 51.5 Å². The highest BCUT2D eigenvalue weighted by Crippen LogP contribution is 2.19. The van der Waals surface area contributed by atoms with Crippen molar-refractivity contribution in [2.75, 3.05) is 26.2 Å². The van der Waals surface area contributed by atoms with Gasteiger partial charge in [-0.3, -0.25) is 4.90 Å². The van der Waals surface area contributed by atoms with E-state index in [0.29, 0.717) is 12.5 Å². The summed E-state index contributed by atoms with van der Waals surface area (Å²) in [6.07, 6.45) is 1.15. The minimum Gasteiger partial charge on any atom is -0.357 e. The molecular formula is C21H32IN5S. The quantitative estimate of drug-likeness (QED) is 0.334. The van der Waals surface area contributed by atoms with Crippen LogP contribution in [0.15, 0.2) is 34.6 Å². The molecule has 0 atom stereocenters.